The first kappa shape index (κ1) is 18.3. The first-order chi connectivity index (χ1) is 11.8. The summed E-state index contributed by atoms with van der Waals surface area (Å²) in [5.74, 6) is -0.380. The average Bonchev–Trinajstić information content (AvgIpc) is 2.94. The predicted octanol–water partition coefficient (Wildman–Crippen LogP) is -0.376. The maximum absolute atomic E-state index is 12.5. The molecule has 2 saturated heterocycles. The van der Waals surface area contributed by atoms with Crippen LogP contribution >= 0.6 is 0 Å². The SMILES string of the molecule is O=C(N[C@@H]1CCS(=O)(=O)C1)c1ccc(S(=O)(=O)N2CCOCC2)cc1. The van der Waals surface area contributed by atoms with Crippen molar-refractivity contribution in [3.05, 3.63) is 29.8 Å². The molecule has 10 heteroatoms. The van der Waals surface area contributed by atoms with Crippen LogP contribution in [0.3, 0.4) is 0 Å². The molecular formula is C15H20N2O6S2. The smallest absolute Gasteiger partial charge is 0.251 e. The fourth-order valence-electron chi connectivity index (χ4n) is 2.89. The molecule has 0 unspecified atom stereocenters. The first-order valence-corrected chi connectivity index (χ1v) is 11.2. The lowest BCUT2D eigenvalue weighted by molar-refractivity contribution is 0.0730. The zero-order valence-electron chi connectivity index (χ0n) is 13.5. The van der Waals surface area contributed by atoms with Gasteiger partial charge in [-0.3, -0.25) is 4.79 Å². The summed E-state index contributed by atoms with van der Waals surface area (Å²) in [6, 6.07) is 5.27. The van der Waals surface area contributed by atoms with E-state index in [9.17, 15) is 21.6 Å². The van der Waals surface area contributed by atoms with Gasteiger partial charge in [-0.25, -0.2) is 16.8 Å². The van der Waals surface area contributed by atoms with E-state index in [0.29, 0.717) is 38.3 Å². The zero-order chi connectivity index (χ0) is 18.1. The molecule has 2 heterocycles. The molecule has 0 bridgehead atoms. The normalized spacial score (nSPS) is 24.1. The fraction of sp³-hybridized carbons (Fsp3) is 0.533. The predicted molar refractivity (Wildman–Crippen MR) is 90.5 cm³/mol. The number of nitrogens with zero attached hydrogens (tertiary/aromatic N) is 1. The van der Waals surface area contributed by atoms with Crippen LogP contribution in [0.1, 0.15) is 16.8 Å². The summed E-state index contributed by atoms with van der Waals surface area (Å²) in [6.07, 6.45) is 0.400. The largest absolute Gasteiger partial charge is 0.379 e. The molecule has 1 aromatic rings. The van der Waals surface area contributed by atoms with Crippen LogP contribution < -0.4 is 5.32 Å². The van der Waals surface area contributed by atoms with Gasteiger partial charge in [0.2, 0.25) is 10.0 Å². The highest BCUT2D eigenvalue weighted by atomic mass is 32.2. The topological polar surface area (TPSA) is 110 Å². The van der Waals surface area contributed by atoms with E-state index >= 15 is 0 Å². The minimum absolute atomic E-state index is 0.0533. The quantitative estimate of drug-likeness (QED) is 0.753. The summed E-state index contributed by atoms with van der Waals surface area (Å²) >= 11 is 0. The molecule has 8 nitrogen and oxygen atoms in total. The van der Waals surface area contributed by atoms with Crippen molar-refractivity contribution in [3.8, 4) is 0 Å². The summed E-state index contributed by atoms with van der Waals surface area (Å²) < 4.78 is 54.4. The van der Waals surface area contributed by atoms with Crippen LogP contribution in [0, 0.1) is 0 Å². The Hall–Kier alpha value is -1.49. The van der Waals surface area contributed by atoms with Gasteiger partial charge >= 0.3 is 0 Å². The van der Waals surface area contributed by atoms with Gasteiger partial charge in [-0.1, -0.05) is 0 Å². The van der Waals surface area contributed by atoms with Crippen molar-refractivity contribution in [2.45, 2.75) is 17.4 Å². The minimum atomic E-state index is -3.60. The van der Waals surface area contributed by atoms with Crippen LogP contribution in [-0.2, 0) is 24.6 Å². The summed E-state index contributed by atoms with van der Waals surface area (Å²) in [4.78, 5) is 12.3. The van der Waals surface area contributed by atoms with Crippen LogP contribution in [0.15, 0.2) is 29.2 Å². The standard InChI is InChI=1S/C15H20N2O6S2/c18-15(16-13-5-10-24(19,20)11-13)12-1-3-14(4-2-12)25(21,22)17-6-8-23-9-7-17/h1-4,13H,5-11H2,(H,16,18)/t13-/m1/s1. The van der Waals surface area contributed by atoms with E-state index in [4.69, 9.17) is 4.74 Å². The van der Waals surface area contributed by atoms with Crippen molar-refractivity contribution in [2.75, 3.05) is 37.8 Å². The van der Waals surface area contributed by atoms with E-state index in [1.807, 2.05) is 0 Å². The molecule has 2 aliphatic heterocycles. The number of rotatable bonds is 4. The van der Waals surface area contributed by atoms with E-state index in [2.05, 4.69) is 5.32 Å². The highest BCUT2D eigenvalue weighted by molar-refractivity contribution is 7.91. The van der Waals surface area contributed by atoms with Crippen LogP contribution in [0.4, 0.5) is 0 Å². The first-order valence-electron chi connectivity index (χ1n) is 7.97. The Morgan fingerprint density at radius 1 is 1.16 bits per heavy atom. The second-order valence-corrected chi connectivity index (χ2v) is 10.3. The lowest BCUT2D eigenvalue weighted by Gasteiger charge is -2.26. The van der Waals surface area contributed by atoms with Gasteiger partial charge < -0.3 is 10.1 Å². The van der Waals surface area contributed by atoms with Crippen LogP contribution in [0.5, 0.6) is 0 Å². The van der Waals surface area contributed by atoms with E-state index in [1.54, 1.807) is 0 Å². The molecule has 1 atom stereocenters. The number of nitrogens with one attached hydrogen (secondary N) is 1. The van der Waals surface area contributed by atoms with Gasteiger partial charge in [0.25, 0.3) is 5.91 Å². The number of sulfonamides is 1. The third-order valence-electron chi connectivity index (χ3n) is 4.29. The summed E-state index contributed by atoms with van der Waals surface area (Å²) in [5.41, 5.74) is 0.297. The molecule has 0 saturated carbocycles. The van der Waals surface area contributed by atoms with Gasteiger partial charge in [0.05, 0.1) is 29.6 Å². The average molecular weight is 388 g/mol. The lowest BCUT2D eigenvalue weighted by atomic mass is 10.2. The number of morpholine rings is 1. The zero-order valence-corrected chi connectivity index (χ0v) is 15.2. The maximum atomic E-state index is 12.5. The molecule has 2 fully saturated rings. The molecule has 25 heavy (non-hydrogen) atoms. The molecule has 0 aromatic heterocycles. The Labute approximate surface area is 147 Å². The molecule has 1 N–H and O–H groups in total. The minimum Gasteiger partial charge on any atom is -0.379 e. The molecule has 2 aliphatic rings. The molecule has 1 aromatic carbocycles. The van der Waals surface area contributed by atoms with Gasteiger partial charge in [-0.2, -0.15) is 4.31 Å². The molecule has 138 valence electrons. The number of carbonyl (C=O) groups is 1. The molecule has 3 rings (SSSR count). The van der Waals surface area contributed by atoms with E-state index in [0.717, 1.165) is 0 Å². The number of benzene rings is 1. The fourth-order valence-corrected chi connectivity index (χ4v) is 5.97. The van der Waals surface area contributed by atoms with Crippen molar-refractivity contribution in [2.24, 2.45) is 0 Å². The van der Waals surface area contributed by atoms with Crippen LogP contribution in [0.2, 0.25) is 0 Å². The van der Waals surface area contributed by atoms with Crippen molar-refractivity contribution in [1.29, 1.82) is 0 Å². The van der Waals surface area contributed by atoms with Gasteiger partial charge in [0, 0.05) is 24.7 Å². The Balaban J connectivity index is 1.68. The van der Waals surface area contributed by atoms with Crippen molar-refractivity contribution >= 4 is 25.8 Å². The number of hydrogen-bond donors (Lipinski definition) is 1. The monoisotopic (exact) mass is 388 g/mol. The number of hydrogen-bond acceptors (Lipinski definition) is 6. The van der Waals surface area contributed by atoms with Crippen LogP contribution in [-0.4, -0.2) is 70.9 Å². The number of ether oxygens (including phenoxy) is 1. The summed E-state index contributed by atoms with van der Waals surface area (Å²) in [5, 5.41) is 2.68. The van der Waals surface area contributed by atoms with Gasteiger partial charge in [0.15, 0.2) is 9.84 Å². The second-order valence-electron chi connectivity index (χ2n) is 6.11. The number of sulfone groups is 1. The Kier molecular flexibility index (Phi) is 5.14. The summed E-state index contributed by atoms with van der Waals surface area (Å²) in [6.45, 7) is 1.34. The Morgan fingerprint density at radius 2 is 1.80 bits per heavy atom. The Bertz CT molecular complexity index is 843. The highest BCUT2D eigenvalue weighted by Gasteiger charge is 2.29. The number of carbonyl (C=O) groups excluding carboxylic acids is 1. The van der Waals surface area contributed by atoms with Crippen molar-refractivity contribution in [3.63, 3.8) is 0 Å². The third kappa shape index (κ3) is 4.20. The van der Waals surface area contributed by atoms with E-state index in [1.165, 1.54) is 28.6 Å². The molecular weight excluding hydrogens is 368 g/mol. The summed E-state index contributed by atoms with van der Waals surface area (Å²) in [7, 11) is -6.67. The van der Waals surface area contributed by atoms with Gasteiger partial charge in [-0.05, 0) is 30.7 Å². The Morgan fingerprint density at radius 3 is 2.36 bits per heavy atom. The van der Waals surface area contributed by atoms with Gasteiger partial charge in [0.1, 0.15) is 0 Å². The van der Waals surface area contributed by atoms with Gasteiger partial charge in [-0.15, -0.1) is 0 Å². The van der Waals surface area contributed by atoms with Crippen molar-refractivity contribution in [1.82, 2.24) is 9.62 Å². The molecule has 0 radical (unpaired) electrons. The molecule has 0 aliphatic carbocycles. The van der Waals surface area contributed by atoms with Crippen LogP contribution in [0.25, 0.3) is 0 Å². The molecule has 1 amide bonds. The maximum Gasteiger partial charge on any atom is 0.251 e. The second kappa shape index (κ2) is 7.02. The highest BCUT2D eigenvalue weighted by Crippen LogP contribution is 2.18. The third-order valence-corrected chi connectivity index (χ3v) is 7.97. The van der Waals surface area contributed by atoms with E-state index < -0.39 is 31.8 Å². The lowest BCUT2D eigenvalue weighted by Crippen LogP contribution is -2.40. The number of amides is 1. The van der Waals surface area contributed by atoms with E-state index in [-0.39, 0.29) is 16.4 Å². The molecule has 0 spiro atoms. The van der Waals surface area contributed by atoms with Crippen molar-refractivity contribution < 1.29 is 26.4 Å².